The molecule has 2 saturated carbocycles. The Bertz CT molecular complexity index is 706. The van der Waals surface area contributed by atoms with E-state index in [0.29, 0.717) is 5.92 Å². The molecule has 2 aliphatic carbocycles. The van der Waals surface area contributed by atoms with Crippen LogP contribution in [-0.4, -0.2) is 45.6 Å². The van der Waals surface area contributed by atoms with Crippen molar-refractivity contribution in [2.75, 3.05) is 19.0 Å². The van der Waals surface area contributed by atoms with Crippen molar-refractivity contribution in [2.45, 2.75) is 107 Å². The van der Waals surface area contributed by atoms with Gasteiger partial charge in [0.15, 0.2) is 21.8 Å². The Labute approximate surface area is 202 Å². The van der Waals surface area contributed by atoms with Gasteiger partial charge in [0.05, 0.1) is 0 Å². The number of nitrogens with zero attached hydrogens (tertiary/aromatic N) is 2. The summed E-state index contributed by atoms with van der Waals surface area (Å²) in [5.74, 6) is 2.65. The molecule has 0 bridgehead atoms. The lowest BCUT2D eigenvalue weighted by atomic mass is 9.90. The standard InChI is InChI=1S/C25H45N3OSSi2/c1-26-12-15-32(13-6-7-14-32)29-31(2,3)20-30-25-27-18-24(19-28-25)23-11-10-22(17-23)16-21-8-4-5-9-21/h18-19,21-23,26H,4-17,20H2,1-3H3. The maximum atomic E-state index is 7.04. The second-order valence-electron chi connectivity index (χ2n) is 11.5. The van der Waals surface area contributed by atoms with E-state index >= 15 is 0 Å². The molecule has 2 unspecified atom stereocenters. The number of rotatable bonds is 11. The average molecular weight is 492 g/mol. The zero-order valence-corrected chi connectivity index (χ0v) is 23.5. The van der Waals surface area contributed by atoms with Crippen LogP contribution in [0.5, 0.6) is 0 Å². The van der Waals surface area contributed by atoms with Crippen molar-refractivity contribution < 1.29 is 4.12 Å². The molecule has 4 rings (SSSR count). The lowest BCUT2D eigenvalue weighted by Gasteiger charge is -2.36. The molecule has 1 aliphatic heterocycles. The van der Waals surface area contributed by atoms with E-state index < -0.39 is 16.6 Å². The Morgan fingerprint density at radius 3 is 2.44 bits per heavy atom. The SMILES string of the molecule is CNCC[Si]1(O[Si](C)(C)CSc2ncc(C3CCC(CC4CCCC4)C3)cn2)CCCC1. The van der Waals surface area contributed by atoms with Crippen LogP contribution in [0.4, 0.5) is 0 Å². The quantitative estimate of drug-likeness (QED) is 0.211. The number of hydrogen-bond donors (Lipinski definition) is 1. The molecule has 0 radical (unpaired) electrons. The highest BCUT2D eigenvalue weighted by molar-refractivity contribution is 8.00. The van der Waals surface area contributed by atoms with Crippen LogP contribution in [0.25, 0.3) is 0 Å². The zero-order valence-electron chi connectivity index (χ0n) is 20.7. The fourth-order valence-electron chi connectivity index (χ4n) is 6.55. The van der Waals surface area contributed by atoms with Crippen LogP contribution in [0.1, 0.15) is 75.7 Å². The molecule has 2 heterocycles. The predicted molar refractivity (Wildman–Crippen MR) is 141 cm³/mol. The molecular formula is C25H45N3OSSi2. The first-order valence-electron chi connectivity index (χ1n) is 13.3. The lowest BCUT2D eigenvalue weighted by Crippen LogP contribution is -2.49. The van der Waals surface area contributed by atoms with Crippen LogP contribution in [-0.2, 0) is 4.12 Å². The minimum absolute atomic E-state index is 0.690. The van der Waals surface area contributed by atoms with E-state index in [0.717, 1.165) is 28.9 Å². The van der Waals surface area contributed by atoms with Gasteiger partial charge in [-0.25, -0.2) is 9.97 Å². The van der Waals surface area contributed by atoms with Crippen LogP contribution in [0.15, 0.2) is 17.6 Å². The number of nitrogens with one attached hydrogen (secondary N) is 1. The second kappa shape index (κ2) is 11.5. The summed E-state index contributed by atoms with van der Waals surface area (Å²) in [5, 5.41) is 5.36. The molecule has 0 spiro atoms. The molecule has 7 heteroatoms. The molecule has 2 atom stereocenters. The van der Waals surface area contributed by atoms with Crippen LogP contribution in [0.2, 0.25) is 31.2 Å². The van der Waals surface area contributed by atoms with Crippen molar-refractivity contribution in [1.82, 2.24) is 15.3 Å². The van der Waals surface area contributed by atoms with Gasteiger partial charge in [-0.3, -0.25) is 0 Å². The largest absolute Gasteiger partial charge is 0.454 e. The summed E-state index contributed by atoms with van der Waals surface area (Å²) in [7, 11) is -1.18. The normalized spacial score (nSPS) is 26.2. The van der Waals surface area contributed by atoms with Crippen molar-refractivity contribution in [2.24, 2.45) is 11.8 Å². The summed E-state index contributed by atoms with van der Waals surface area (Å²) in [6.07, 6.45) is 18.5. The molecule has 180 valence electrons. The number of aromatic nitrogens is 2. The Balaban J connectivity index is 1.25. The number of thioether (sulfide) groups is 1. The molecule has 1 N–H and O–H groups in total. The van der Waals surface area contributed by atoms with Gasteiger partial charge in [0.2, 0.25) is 0 Å². The van der Waals surface area contributed by atoms with Gasteiger partial charge in [-0.05, 0) is 93.8 Å². The predicted octanol–water partition coefficient (Wildman–Crippen LogP) is 6.75. The van der Waals surface area contributed by atoms with E-state index in [1.165, 1.54) is 87.9 Å². The summed E-state index contributed by atoms with van der Waals surface area (Å²) in [4.78, 5) is 9.55. The van der Waals surface area contributed by atoms with E-state index in [-0.39, 0.29) is 0 Å². The molecular weight excluding hydrogens is 447 g/mol. The first kappa shape index (κ1) is 24.9. The minimum atomic E-state index is -1.72. The first-order valence-corrected chi connectivity index (χ1v) is 19.9. The van der Waals surface area contributed by atoms with Gasteiger partial charge in [0.25, 0.3) is 0 Å². The fourth-order valence-corrected chi connectivity index (χ4v) is 18.6. The third-order valence-corrected chi connectivity index (χ3v) is 19.6. The van der Waals surface area contributed by atoms with Gasteiger partial charge >= 0.3 is 0 Å². The van der Waals surface area contributed by atoms with Crippen LogP contribution >= 0.6 is 11.8 Å². The summed E-state index contributed by atoms with van der Waals surface area (Å²) < 4.78 is 7.04. The Morgan fingerprint density at radius 2 is 1.75 bits per heavy atom. The molecule has 0 aromatic carbocycles. The molecule has 1 saturated heterocycles. The highest BCUT2D eigenvalue weighted by atomic mass is 32.2. The summed E-state index contributed by atoms with van der Waals surface area (Å²) in [5.41, 5.74) is 1.38. The van der Waals surface area contributed by atoms with Crippen molar-refractivity contribution in [3.8, 4) is 0 Å². The molecule has 4 nitrogen and oxygen atoms in total. The summed E-state index contributed by atoms with van der Waals surface area (Å²) in [6.45, 7) is 5.92. The lowest BCUT2D eigenvalue weighted by molar-refractivity contribution is 0.379. The van der Waals surface area contributed by atoms with Crippen LogP contribution in [0.3, 0.4) is 0 Å². The highest BCUT2D eigenvalue weighted by Gasteiger charge is 2.42. The third-order valence-electron chi connectivity index (χ3n) is 8.19. The smallest absolute Gasteiger partial charge is 0.187 e. The molecule has 1 aromatic heterocycles. The van der Waals surface area contributed by atoms with Gasteiger partial charge in [0.1, 0.15) is 0 Å². The minimum Gasteiger partial charge on any atom is -0.454 e. The van der Waals surface area contributed by atoms with Gasteiger partial charge in [-0.2, -0.15) is 0 Å². The van der Waals surface area contributed by atoms with Crippen LogP contribution in [0, 0.1) is 11.8 Å². The van der Waals surface area contributed by atoms with Crippen molar-refractivity contribution >= 4 is 28.4 Å². The van der Waals surface area contributed by atoms with Gasteiger partial charge < -0.3 is 9.43 Å². The van der Waals surface area contributed by atoms with Gasteiger partial charge in [0, 0.05) is 17.8 Å². The molecule has 0 amide bonds. The Hall–Kier alpha value is -0.216. The van der Waals surface area contributed by atoms with Crippen molar-refractivity contribution in [3.63, 3.8) is 0 Å². The Kier molecular flexibility index (Phi) is 8.93. The molecule has 1 aromatic rings. The van der Waals surface area contributed by atoms with E-state index in [1.54, 1.807) is 0 Å². The molecule has 32 heavy (non-hydrogen) atoms. The first-order chi connectivity index (χ1) is 15.5. The zero-order chi connectivity index (χ0) is 22.4. The monoisotopic (exact) mass is 491 g/mol. The summed E-state index contributed by atoms with van der Waals surface area (Å²) in [6, 6.07) is 4.01. The van der Waals surface area contributed by atoms with E-state index in [2.05, 4.69) is 37.9 Å². The topological polar surface area (TPSA) is 47.0 Å². The summed E-state index contributed by atoms with van der Waals surface area (Å²) >= 11 is 1.83. The highest BCUT2D eigenvalue weighted by Crippen LogP contribution is 2.43. The fraction of sp³-hybridized carbons (Fsp3) is 0.840. The number of hydrogen-bond acceptors (Lipinski definition) is 5. The Morgan fingerprint density at radius 1 is 1.03 bits per heavy atom. The van der Waals surface area contributed by atoms with Gasteiger partial charge in [-0.15, -0.1) is 0 Å². The molecule has 3 aliphatic rings. The third kappa shape index (κ3) is 6.90. The van der Waals surface area contributed by atoms with E-state index in [9.17, 15) is 0 Å². The van der Waals surface area contributed by atoms with E-state index in [1.807, 2.05) is 11.8 Å². The van der Waals surface area contributed by atoms with Crippen molar-refractivity contribution in [1.29, 1.82) is 0 Å². The van der Waals surface area contributed by atoms with E-state index in [4.69, 9.17) is 14.1 Å². The van der Waals surface area contributed by atoms with Crippen LogP contribution < -0.4 is 5.32 Å². The maximum absolute atomic E-state index is 7.04. The molecule has 3 fully saturated rings. The average Bonchev–Trinajstić information content (AvgIpc) is 3.55. The maximum Gasteiger partial charge on any atom is 0.187 e. The van der Waals surface area contributed by atoms with Gasteiger partial charge in [-0.1, -0.05) is 50.3 Å². The van der Waals surface area contributed by atoms with Crippen molar-refractivity contribution in [3.05, 3.63) is 18.0 Å². The second-order valence-corrected chi connectivity index (χ2v) is 21.5.